The second-order valence-corrected chi connectivity index (χ2v) is 3.59. The quantitative estimate of drug-likeness (QED) is 0.680. The summed E-state index contributed by atoms with van der Waals surface area (Å²) in [5.41, 5.74) is -1.36. The van der Waals surface area contributed by atoms with E-state index >= 15 is 0 Å². The van der Waals surface area contributed by atoms with E-state index < -0.39 is 29.2 Å². The number of esters is 1. The van der Waals surface area contributed by atoms with Gasteiger partial charge in [-0.2, -0.15) is 0 Å². The number of hydrogen-bond acceptors (Lipinski definition) is 4. The van der Waals surface area contributed by atoms with E-state index in [1.807, 2.05) is 0 Å². The first-order valence-electron chi connectivity index (χ1n) is 4.44. The maximum Gasteiger partial charge on any atom is 0.573 e. The maximum atomic E-state index is 12.2. The van der Waals surface area contributed by atoms with E-state index in [1.165, 1.54) is 0 Å². The molecule has 0 saturated heterocycles. The van der Waals surface area contributed by atoms with Crippen molar-refractivity contribution in [3.63, 3.8) is 0 Å². The topological polar surface area (TPSA) is 68.4 Å². The molecule has 1 heterocycles. The number of nitrogens with one attached hydrogen (secondary N) is 1. The van der Waals surface area contributed by atoms with E-state index in [1.54, 1.807) is 0 Å². The molecule has 0 radical (unpaired) electrons. The minimum Gasteiger partial charge on any atom is -0.465 e. The zero-order valence-corrected chi connectivity index (χ0v) is 10.5. The van der Waals surface area contributed by atoms with E-state index in [2.05, 4.69) is 30.4 Å². The van der Waals surface area contributed by atoms with Gasteiger partial charge in [0.15, 0.2) is 5.75 Å². The molecule has 1 rings (SSSR count). The molecule has 0 amide bonds. The lowest BCUT2D eigenvalue weighted by Gasteiger charge is -2.13. The molecule has 1 aromatic rings. The van der Waals surface area contributed by atoms with Gasteiger partial charge in [0.05, 0.1) is 7.11 Å². The van der Waals surface area contributed by atoms with Crippen molar-refractivity contribution in [1.82, 2.24) is 4.98 Å². The van der Waals surface area contributed by atoms with Gasteiger partial charge in [0.25, 0.3) is 5.56 Å². The summed E-state index contributed by atoms with van der Waals surface area (Å²) >= 11 is 2.94. The van der Waals surface area contributed by atoms with Gasteiger partial charge < -0.3 is 14.5 Å². The smallest absolute Gasteiger partial charge is 0.465 e. The Morgan fingerprint density at radius 3 is 2.56 bits per heavy atom. The average molecular weight is 330 g/mol. The highest BCUT2D eigenvalue weighted by molar-refractivity contribution is 9.08. The van der Waals surface area contributed by atoms with Crippen molar-refractivity contribution in [1.29, 1.82) is 0 Å². The van der Waals surface area contributed by atoms with E-state index in [-0.39, 0.29) is 11.0 Å². The molecule has 0 fully saturated rings. The lowest BCUT2D eigenvalue weighted by Crippen LogP contribution is -2.23. The first-order chi connectivity index (χ1) is 8.28. The predicted octanol–water partition coefficient (Wildman–Crippen LogP) is 1.95. The number of carbonyl (C=O) groups is 1. The molecule has 100 valence electrons. The molecule has 0 unspecified atom stereocenters. The minimum atomic E-state index is -5.01. The highest BCUT2D eigenvalue weighted by atomic mass is 79.9. The first-order valence-corrected chi connectivity index (χ1v) is 5.57. The highest BCUT2D eigenvalue weighted by Gasteiger charge is 2.34. The van der Waals surface area contributed by atoms with Gasteiger partial charge in [-0.1, -0.05) is 15.9 Å². The van der Waals surface area contributed by atoms with Gasteiger partial charge in [-0.3, -0.25) is 4.79 Å². The van der Waals surface area contributed by atoms with E-state index in [4.69, 9.17) is 0 Å². The number of methoxy groups -OCH3 is 1. The Hall–Kier alpha value is -1.51. The molecule has 0 saturated carbocycles. The summed E-state index contributed by atoms with van der Waals surface area (Å²) in [6.45, 7) is 0. The minimum absolute atomic E-state index is 0.0399. The fourth-order valence-electron chi connectivity index (χ4n) is 1.22. The van der Waals surface area contributed by atoms with Crippen molar-refractivity contribution in [2.24, 2.45) is 0 Å². The van der Waals surface area contributed by atoms with Crippen LogP contribution in [0.25, 0.3) is 0 Å². The van der Waals surface area contributed by atoms with Crippen LogP contribution in [0.15, 0.2) is 10.9 Å². The van der Waals surface area contributed by atoms with Crippen LogP contribution in [-0.2, 0) is 10.1 Å². The number of ether oxygens (including phenoxy) is 2. The third-order valence-corrected chi connectivity index (χ3v) is 2.39. The van der Waals surface area contributed by atoms with Crippen molar-refractivity contribution < 1.29 is 27.4 Å². The largest absolute Gasteiger partial charge is 0.573 e. The van der Waals surface area contributed by atoms with Crippen LogP contribution in [0.3, 0.4) is 0 Å². The maximum absolute atomic E-state index is 12.2. The Labute approximate surface area is 107 Å². The van der Waals surface area contributed by atoms with Gasteiger partial charge in [0.1, 0.15) is 5.56 Å². The molecule has 18 heavy (non-hydrogen) atoms. The second kappa shape index (κ2) is 5.42. The molecule has 0 aliphatic heterocycles. The van der Waals surface area contributed by atoms with Gasteiger partial charge >= 0.3 is 12.3 Å². The fourth-order valence-corrected chi connectivity index (χ4v) is 1.64. The number of halogens is 4. The Kier molecular flexibility index (Phi) is 4.38. The predicted molar refractivity (Wildman–Crippen MR) is 57.7 cm³/mol. The molecule has 0 aliphatic carbocycles. The number of alkyl halides is 4. The fraction of sp³-hybridized carbons (Fsp3) is 0.333. The summed E-state index contributed by atoms with van der Waals surface area (Å²) in [7, 11) is 1.00. The van der Waals surface area contributed by atoms with Gasteiger partial charge in [-0.25, -0.2) is 4.79 Å². The molecule has 1 aromatic heterocycles. The first kappa shape index (κ1) is 14.6. The number of H-pyrrole nitrogens is 1. The monoisotopic (exact) mass is 329 g/mol. The zero-order chi connectivity index (χ0) is 13.9. The van der Waals surface area contributed by atoms with Gasteiger partial charge in [-0.15, -0.1) is 13.2 Å². The Bertz CT molecular complexity index is 512. The van der Waals surface area contributed by atoms with Gasteiger partial charge in [-0.05, 0) is 0 Å². The summed E-state index contributed by atoms with van der Waals surface area (Å²) in [5.74, 6) is -1.94. The lowest BCUT2D eigenvalue weighted by molar-refractivity contribution is -0.274. The summed E-state index contributed by atoms with van der Waals surface area (Å²) < 4.78 is 44.5. The SMILES string of the molecule is COC(=O)c1c(OC(F)(F)F)cc(=O)[nH]c1CBr. The molecule has 5 nitrogen and oxygen atoms in total. The van der Waals surface area contributed by atoms with Crippen LogP contribution in [-0.4, -0.2) is 24.4 Å². The highest BCUT2D eigenvalue weighted by Crippen LogP contribution is 2.27. The van der Waals surface area contributed by atoms with E-state index in [9.17, 15) is 22.8 Å². The third kappa shape index (κ3) is 3.49. The Morgan fingerprint density at radius 2 is 2.11 bits per heavy atom. The van der Waals surface area contributed by atoms with Crippen LogP contribution in [0.5, 0.6) is 5.75 Å². The molecule has 0 atom stereocenters. The number of aromatic nitrogens is 1. The van der Waals surface area contributed by atoms with Crippen LogP contribution in [0.1, 0.15) is 16.1 Å². The third-order valence-electron chi connectivity index (χ3n) is 1.83. The number of pyridine rings is 1. The van der Waals surface area contributed by atoms with Crippen LogP contribution < -0.4 is 10.3 Å². The van der Waals surface area contributed by atoms with Crippen molar-refractivity contribution in [2.75, 3.05) is 7.11 Å². The summed E-state index contributed by atoms with van der Waals surface area (Å²) in [6.07, 6.45) is -5.01. The normalized spacial score (nSPS) is 11.2. The molecular formula is C9H7BrF3NO4. The van der Waals surface area contributed by atoms with Crippen LogP contribution >= 0.6 is 15.9 Å². The Balaban J connectivity index is 3.42. The molecular weight excluding hydrogens is 323 g/mol. The summed E-state index contributed by atoms with van der Waals surface area (Å²) in [4.78, 5) is 24.8. The van der Waals surface area contributed by atoms with Crippen molar-refractivity contribution >= 4 is 21.9 Å². The standard InChI is InChI=1S/C9H7BrF3NO4/c1-17-8(16)7-4(3-10)14-6(15)2-5(7)18-9(11,12)13/h2H,3H2,1H3,(H,14,15). The number of hydrogen-bond donors (Lipinski definition) is 1. The second-order valence-electron chi connectivity index (χ2n) is 3.02. The van der Waals surface area contributed by atoms with Gasteiger partial charge in [0.2, 0.25) is 0 Å². The molecule has 1 N–H and O–H groups in total. The summed E-state index contributed by atoms with van der Waals surface area (Å²) in [6, 6.07) is 0.534. The number of rotatable bonds is 3. The Morgan fingerprint density at radius 1 is 1.50 bits per heavy atom. The van der Waals surface area contributed by atoms with Crippen LogP contribution in [0.4, 0.5) is 13.2 Å². The molecule has 0 aliphatic rings. The van der Waals surface area contributed by atoms with Crippen molar-refractivity contribution in [3.8, 4) is 5.75 Å². The molecule has 0 spiro atoms. The van der Waals surface area contributed by atoms with Crippen molar-refractivity contribution in [2.45, 2.75) is 11.7 Å². The summed E-state index contributed by atoms with van der Waals surface area (Å²) in [5, 5.41) is -0.0399. The molecule has 9 heteroatoms. The molecule has 0 aromatic carbocycles. The van der Waals surface area contributed by atoms with Crippen LogP contribution in [0, 0.1) is 0 Å². The zero-order valence-electron chi connectivity index (χ0n) is 8.93. The number of carbonyl (C=O) groups excluding carboxylic acids is 1. The average Bonchev–Trinajstić information content (AvgIpc) is 2.25. The van der Waals surface area contributed by atoms with E-state index in [0.717, 1.165) is 7.11 Å². The van der Waals surface area contributed by atoms with Crippen molar-refractivity contribution in [3.05, 3.63) is 27.7 Å². The van der Waals surface area contributed by atoms with Crippen LogP contribution in [0.2, 0.25) is 0 Å². The van der Waals surface area contributed by atoms with E-state index in [0.29, 0.717) is 6.07 Å². The number of aromatic amines is 1. The van der Waals surface area contributed by atoms with Gasteiger partial charge in [0, 0.05) is 17.1 Å². The lowest BCUT2D eigenvalue weighted by atomic mass is 10.2. The molecule has 0 bridgehead atoms.